The molecule has 10 heteroatoms. The fourth-order valence-corrected chi connectivity index (χ4v) is 0.417. The molecule has 0 radical (unpaired) electrons. The minimum Gasteiger partial charge on any atom is -0.370 e. The van der Waals surface area contributed by atoms with Crippen LogP contribution in [0.1, 0.15) is 0 Å². The zero-order valence-electron chi connectivity index (χ0n) is 6.45. The average molecular weight is 242 g/mol. The van der Waals surface area contributed by atoms with Gasteiger partial charge in [0.25, 0.3) is 12.0 Å². The molecule has 0 rings (SSSR count). The van der Waals surface area contributed by atoms with Gasteiger partial charge in [-0.15, -0.1) is 13.2 Å². The van der Waals surface area contributed by atoms with Crippen molar-refractivity contribution in [1.29, 1.82) is 0 Å². The van der Waals surface area contributed by atoms with Crippen LogP contribution < -0.4 is 0 Å². The maximum atomic E-state index is 12.2. The summed E-state index contributed by atoms with van der Waals surface area (Å²) >= 11 is 0. The molecule has 0 amide bonds. The Bertz CT molecular complexity index is 265. The number of Topliss-reactive ketones (excluding diaryl/α,β-unsaturated/α-hetero) is 1. The summed E-state index contributed by atoms with van der Waals surface area (Å²) in [4.78, 5) is 19.9. The molecule has 0 aromatic heterocycles. The Balaban J connectivity index is 4.54. The van der Waals surface area contributed by atoms with Crippen LogP contribution in [0.2, 0.25) is 0 Å². The predicted octanol–water partition coefficient (Wildman–Crippen LogP) is 1.52. The summed E-state index contributed by atoms with van der Waals surface area (Å²) in [5.41, 5.74) is 0. The van der Waals surface area contributed by atoms with Gasteiger partial charge >= 0.3 is 18.5 Å². The molecular formula is C5HF7O3. The Labute approximate surface area is 76.8 Å². The molecule has 0 fully saturated rings. The minimum atomic E-state index is -5.75. The normalized spacial score (nSPS) is 14.6. The third kappa shape index (κ3) is 4.61. The molecule has 0 saturated carbocycles. The Morgan fingerprint density at radius 1 is 1.00 bits per heavy atom. The van der Waals surface area contributed by atoms with Gasteiger partial charge in [-0.3, -0.25) is 4.79 Å². The van der Waals surface area contributed by atoms with Gasteiger partial charge in [0.1, 0.15) is 0 Å². The highest BCUT2D eigenvalue weighted by Crippen LogP contribution is 2.23. The van der Waals surface area contributed by atoms with Crippen molar-refractivity contribution in [3.05, 3.63) is 0 Å². The van der Waals surface area contributed by atoms with Crippen molar-refractivity contribution in [1.82, 2.24) is 0 Å². The van der Waals surface area contributed by atoms with Crippen molar-refractivity contribution < 1.29 is 45.1 Å². The lowest BCUT2D eigenvalue weighted by molar-refractivity contribution is -0.307. The molecule has 0 aliphatic carbocycles. The number of halogens is 7. The minimum absolute atomic E-state index is 2.28. The first-order valence-electron chi connectivity index (χ1n) is 3.00. The quantitative estimate of drug-likeness (QED) is 0.419. The van der Waals surface area contributed by atoms with Gasteiger partial charge in [0.2, 0.25) is 0 Å². The van der Waals surface area contributed by atoms with Gasteiger partial charge in [0.05, 0.1) is 0 Å². The highest BCUT2D eigenvalue weighted by molar-refractivity contribution is 6.04. The van der Waals surface area contributed by atoms with E-state index in [1.807, 2.05) is 0 Å². The molecule has 0 saturated heterocycles. The molecule has 3 nitrogen and oxygen atoms in total. The van der Waals surface area contributed by atoms with Gasteiger partial charge < -0.3 is 4.74 Å². The van der Waals surface area contributed by atoms with E-state index < -0.39 is 30.5 Å². The van der Waals surface area contributed by atoms with E-state index in [9.17, 15) is 40.3 Å². The number of alkyl halides is 7. The highest BCUT2D eigenvalue weighted by Gasteiger charge is 2.50. The standard InChI is InChI=1S/C5HF7O3/c6-1(2(13)4(7,8)9)3(14)15-5(10,11)12/h1H. The van der Waals surface area contributed by atoms with E-state index >= 15 is 0 Å². The molecule has 0 bridgehead atoms. The maximum Gasteiger partial charge on any atom is 0.575 e. The maximum absolute atomic E-state index is 12.2. The van der Waals surface area contributed by atoms with Crippen LogP contribution in [0.4, 0.5) is 30.7 Å². The molecule has 1 atom stereocenters. The molecule has 88 valence electrons. The number of ether oxygens (including phenoxy) is 1. The van der Waals surface area contributed by atoms with Gasteiger partial charge in [0, 0.05) is 0 Å². The number of hydrogen-bond acceptors (Lipinski definition) is 3. The van der Waals surface area contributed by atoms with Crippen molar-refractivity contribution in [2.45, 2.75) is 18.7 Å². The molecule has 0 aromatic carbocycles. The number of carbonyl (C=O) groups is 2. The number of ketones is 1. The molecule has 0 spiro atoms. The van der Waals surface area contributed by atoms with E-state index in [1.54, 1.807) is 0 Å². The average Bonchev–Trinajstić information content (AvgIpc) is 1.96. The van der Waals surface area contributed by atoms with Crippen LogP contribution in [0.5, 0.6) is 0 Å². The predicted molar refractivity (Wildman–Crippen MR) is 28.1 cm³/mol. The second kappa shape index (κ2) is 4.03. The third-order valence-corrected chi connectivity index (χ3v) is 0.933. The largest absolute Gasteiger partial charge is 0.575 e. The number of esters is 1. The van der Waals surface area contributed by atoms with Gasteiger partial charge in [-0.2, -0.15) is 13.2 Å². The van der Waals surface area contributed by atoms with Gasteiger partial charge in [0.15, 0.2) is 0 Å². The lowest BCUT2D eigenvalue weighted by Crippen LogP contribution is -2.39. The summed E-state index contributed by atoms with van der Waals surface area (Å²) in [6, 6.07) is 0. The Morgan fingerprint density at radius 2 is 1.40 bits per heavy atom. The molecular weight excluding hydrogens is 241 g/mol. The van der Waals surface area contributed by atoms with Crippen molar-refractivity contribution in [3.8, 4) is 0 Å². The van der Waals surface area contributed by atoms with Crippen LogP contribution in [0.15, 0.2) is 0 Å². The second-order valence-electron chi connectivity index (χ2n) is 2.09. The summed E-state index contributed by atoms with van der Waals surface area (Å²) in [5.74, 6) is -6.21. The van der Waals surface area contributed by atoms with E-state index in [-0.39, 0.29) is 0 Å². The van der Waals surface area contributed by atoms with E-state index in [0.717, 1.165) is 0 Å². The Morgan fingerprint density at radius 3 is 1.67 bits per heavy atom. The first-order valence-corrected chi connectivity index (χ1v) is 3.00. The molecule has 0 aliphatic rings. The Kier molecular flexibility index (Phi) is 3.66. The summed E-state index contributed by atoms with van der Waals surface area (Å²) in [6.45, 7) is 0. The highest BCUT2D eigenvalue weighted by atomic mass is 19.4. The smallest absolute Gasteiger partial charge is 0.370 e. The van der Waals surface area contributed by atoms with E-state index in [2.05, 4.69) is 4.74 Å². The van der Waals surface area contributed by atoms with Gasteiger partial charge in [-0.25, -0.2) is 9.18 Å². The van der Waals surface area contributed by atoms with E-state index in [1.165, 1.54) is 0 Å². The fraction of sp³-hybridized carbons (Fsp3) is 0.600. The SMILES string of the molecule is O=C(OC(F)(F)F)C(F)C(=O)C(F)(F)F. The third-order valence-electron chi connectivity index (χ3n) is 0.933. The first-order chi connectivity index (χ1) is 6.45. The van der Waals surface area contributed by atoms with Crippen LogP contribution in [-0.2, 0) is 14.3 Å². The van der Waals surface area contributed by atoms with E-state index in [4.69, 9.17) is 0 Å². The van der Waals surface area contributed by atoms with Crippen molar-refractivity contribution >= 4 is 11.8 Å². The Hall–Kier alpha value is -1.35. The fourth-order valence-electron chi connectivity index (χ4n) is 0.417. The summed E-state index contributed by atoms with van der Waals surface area (Å²) in [6.07, 6.45) is -15.4. The molecule has 0 heterocycles. The lowest BCUT2D eigenvalue weighted by atomic mass is 10.2. The van der Waals surface area contributed by atoms with Crippen LogP contribution in [0, 0.1) is 0 Å². The van der Waals surface area contributed by atoms with Gasteiger partial charge in [-0.1, -0.05) is 0 Å². The zero-order chi connectivity index (χ0) is 12.4. The van der Waals surface area contributed by atoms with Crippen LogP contribution in [0.3, 0.4) is 0 Å². The molecule has 0 N–H and O–H groups in total. The molecule has 0 aromatic rings. The van der Waals surface area contributed by atoms with Crippen LogP contribution >= 0.6 is 0 Å². The van der Waals surface area contributed by atoms with Crippen LogP contribution in [0.25, 0.3) is 0 Å². The number of rotatable bonds is 2. The monoisotopic (exact) mass is 242 g/mol. The topological polar surface area (TPSA) is 43.4 Å². The zero-order valence-corrected chi connectivity index (χ0v) is 6.45. The van der Waals surface area contributed by atoms with Crippen LogP contribution in [-0.4, -0.2) is 30.5 Å². The lowest BCUT2D eigenvalue weighted by Gasteiger charge is -2.11. The van der Waals surface area contributed by atoms with Crippen molar-refractivity contribution in [2.75, 3.05) is 0 Å². The first kappa shape index (κ1) is 13.7. The van der Waals surface area contributed by atoms with Crippen molar-refractivity contribution in [3.63, 3.8) is 0 Å². The number of hydrogen-bond donors (Lipinski definition) is 0. The second-order valence-corrected chi connectivity index (χ2v) is 2.09. The molecule has 15 heavy (non-hydrogen) atoms. The van der Waals surface area contributed by atoms with Crippen molar-refractivity contribution in [2.24, 2.45) is 0 Å². The van der Waals surface area contributed by atoms with Gasteiger partial charge in [-0.05, 0) is 0 Å². The summed E-state index contributed by atoms with van der Waals surface area (Å²) < 4.78 is 82.4. The molecule has 1 unspecified atom stereocenters. The van der Waals surface area contributed by atoms with E-state index in [0.29, 0.717) is 0 Å². The summed E-state index contributed by atoms with van der Waals surface area (Å²) in [7, 11) is 0. The summed E-state index contributed by atoms with van der Waals surface area (Å²) in [5, 5.41) is 0. The number of carbonyl (C=O) groups excluding carboxylic acids is 2. The molecule has 0 aliphatic heterocycles.